The van der Waals surface area contributed by atoms with E-state index >= 15 is 0 Å². The fourth-order valence-electron chi connectivity index (χ4n) is 2.73. The van der Waals surface area contributed by atoms with Gasteiger partial charge < -0.3 is 4.57 Å². The van der Waals surface area contributed by atoms with Crippen LogP contribution in [0.5, 0.6) is 0 Å². The van der Waals surface area contributed by atoms with E-state index in [4.69, 9.17) is 0 Å². The molecule has 0 aliphatic rings. The highest BCUT2D eigenvalue weighted by atomic mass is 28.3. The van der Waals surface area contributed by atoms with Crippen molar-refractivity contribution in [2.75, 3.05) is 13.1 Å². The zero-order valence-corrected chi connectivity index (χ0v) is 11.4. The van der Waals surface area contributed by atoms with Gasteiger partial charge in [0.1, 0.15) is 8.24 Å². The largest absolute Gasteiger partial charge is 0.324 e. The molecule has 0 N–H and O–H groups in total. The Morgan fingerprint density at radius 1 is 0.923 bits per heavy atom. The molecule has 0 amide bonds. The van der Waals surface area contributed by atoms with E-state index in [0.29, 0.717) is 0 Å². The number of hydrogen-bond donors (Lipinski definition) is 0. The van der Waals surface area contributed by atoms with Gasteiger partial charge in [-0.2, -0.15) is 0 Å². The second-order valence-corrected chi connectivity index (χ2v) is 9.55. The fraction of sp³-hybridized carbons (Fsp3) is 1.00. The number of rotatable bonds is 6. The molecule has 0 aromatic carbocycles. The highest BCUT2D eigenvalue weighted by Crippen LogP contribution is 2.31. The fourth-order valence-corrected chi connectivity index (χ4v) is 7.75. The second-order valence-electron chi connectivity index (χ2n) is 4.14. The Hall–Kier alpha value is 0.177. The van der Waals surface area contributed by atoms with Crippen molar-refractivity contribution in [1.82, 2.24) is 4.57 Å². The highest BCUT2D eigenvalue weighted by molar-refractivity contribution is 6.78. The van der Waals surface area contributed by atoms with Crippen LogP contribution in [0.15, 0.2) is 0 Å². The predicted octanol–water partition coefficient (Wildman–Crippen LogP) is 3.72. The zero-order valence-electron chi connectivity index (χ0n) is 10.4. The van der Waals surface area contributed by atoms with Crippen molar-refractivity contribution < 1.29 is 0 Å². The molecule has 0 aromatic rings. The molecule has 80 valence electrons. The van der Waals surface area contributed by atoms with Gasteiger partial charge >= 0.3 is 0 Å². The molecule has 0 aromatic heterocycles. The monoisotopic (exact) mass is 201 g/mol. The summed E-state index contributed by atoms with van der Waals surface area (Å²) in [5, 5.41) is 0. The first-order chi connectivity index (χ1) is 6.08. The Morgan fingerprint density at radius 2 is 1.31 bits per heavy atom. The molecule has 13 heavy (non-hydrogen) atoms. The van der Waals surface area contributed by atoms with Crippen LogP contribution in [0.1, 0.15) is 41.5 Å². The van der Waals surface area contributed by atoms with E-state index in [2.05, 4.69) is 46.1 Å². The van der Waals surface area contributed by atoms with Crippen LogP contribution in [0, 0.1) is 0 Å². The molecule has 0 aliphatic heterocycles. The molecule has 0 bridgehead atoms. The van der Waals surface area contributed by atoms with Crippen molar-refractivity contribution in [3.05, 3.63) is 0 Å². The van der Waals surface area contributed by atoms with Gasteiger partial charge in [-0.05, 0) is 30.7 Å². The minimum Gasteiger partial charge on any atom is -0.324 e. The van der Waals surface area contributed by atoms with E-state index in [1.807, 2.05) is 0 Å². The van der Waals surface area contributed by atoms with Crippen molar-refractivity contribution in [1.29, 1.82) is 0 Å². The van der Waals surface area contributed by atoms with Crippen molar-refractivity contribution in [3.8, 4) is 0 Å². The molecule has 0 saturated carbocycles. The van der Waals surface area contributed by atoms with Crippen LogP contribution in [-0.2, 0) is 0 Å². The lowest BCUT2D eigenvalue weighted by Crippen LogP contribution is -2.54. The van der Waals surface area contributed by atoms with Crippen LogP contribution in [0.2, 0.25) is 17.6 Å². The summed E-state index contributed by atoms with van der Waals surface area (Å²) in [5.41, 5.74) is 0.891. The first kappa shape index (κ1) is 13.2. The van der Waals surface area contributed by atoms with Gasteiger partial charge in [0.05, 0.1) is 0 Å². The maximum Gasteiger partial charge on any atom is 0.130 e. The van der Waals surface area contributed by atoms with Gasteiger partial charge in [0.25, 0.3) is 0 Å². The maximum atomic E-state index is 2.76. The Kier molecular flexibility index (Phi) is 5.89. The van der Waals surface area contributed by atoms with Crippen molar-refractivity contribution in [3.63, 3.8) is 0 Å². The van der Waals surface area contributed by atoms with Crippen molar-refractivity contribution >= 4 is 8.24 Å². The van der Waals surface area contributed by atoms with E-state index in [0.717, 1.165) is 5.54 Å². The predicted molar refractivity (Wildman–Crippen MR) is 64.7 cm³/mol. The lowest BCUT2D eigenvalue weighted by atomic mass is 10.6. The summed E-state index contributed by atoms with van der Waals surface area (Å²) >= 11 is 0. The minimum absolute atomic E-state index is 0.891. The van der Waals surface area contributed by atoms with Gasteiger partial charge in [0.15, 0.2) is 0 Å². The third-order valence-electron chi connectivity index (χ3n) is 3.69. The van der Waals surface area contributed by atoms with Crippen molar-refractivity contribution in [2.24, 2.45) is 0 Å². The van der Waals surface area contributed by atoms with E-state index in [9.17, 15) is 0 Å². The third-order valence-corrected chi connectivity index (χ3v) is 10.2. The SMILES string of the molecule is CCN(CC)[Si](CC)(CC)C(C)C. The van der Waals surface area contributed by atoms with Crippen LogP contribution in [-0.4, -0.2) is 25.9 Å². The Balaban J connectivity index is 4.71. The maximum absolute atomic E-state index is 2.76. The molecule has 0 rings (SSSR count). The Morgan fingerprint density at radius 3 is 1.38 bits per heavy atom. The Labute approximate surface area is 85.6 Å². The van der Waals surface area contributed by atoms with E-state index < -0.39 is 8.24 Å². The average Bonchev–Trinajstić information content (AvgIpc) is 2.13. The summed E-state index contributed by atoms with van der Waals surface area (Å²) in [6.45, 7) is 16.7. The van der Waals surface area contributed by atoms with Crippen LogP contribution in [0.25, 0.3) is 0 Å². The highest BCUT2D eigenvalue weighted by Gasteiger charge is 2.37. The lowest BCUT2D eigenvalue weighted by molar-refractivity contribution is 0.447. The van der Waals surface area contributed by atoms with Crippen molar-refractivity contribution in [2.45, 2.75) is 59.2 Å². The van der Waals surface area contributed by atoms with Gasteiger partial charge in [0.2, 0.25) is 0 Å². The second kappa shape index (κ2) is 5.81. The first-order valence-electron chi connectivity index (χ1n) is 5.83. The molecular weight excluding hydrogens is 174 g/mol. The van der Waals surface area contributed by atoms with E-state index in [1.54, 1.807) is 0 Å². The molecule has 0 heterocycles. The van der Waals surface area contributed by atoms with Gasteiger partial charge in [-0.1, -0.05) is 41.5 Å². The van der Waals surface area contributed by atoms with E-state index in [1.165, 1.54) is 25.2 Å². The van der Waals surface area contributed by atoms with E-state index in [-0.39, 0.29) is 0 Å². The summed E-state index contributed by atoms with van der Waals surface area (Å²) in [6.07, 6.45) is 0. The van der Waals surface area contributed by atoms with Gasteiger partial charge in [-0.15, -0.1) is 0 Å². The van der Waals surface area contributed by atoms with Gasteiger partial charge in [-0.3, -0.25) is 0 Å². The lowest BCUT2D eigenvalue weighted by Gasteiger charge is -2.43. The standard InChI is InChI=1S/C11H27NSi/c1-7-12(8-2)13(9-3,10-4)11(5)6/h11H,7-10H2,1-6H3. The summed E-state index contributed by atoms with van der Waals surface area (Å²) in [6, 6.07) is 2.81. The van der Waals surface area contributed by atoms with Crippen LogP contribution >= 0.6 is 0 Å². The number of hydrogen-bond acceptors (Lipinski definition) is 1. The third kappa shape index (κ3) is 2.56. The molecule has 0 fully saturated rings. The summed E-state index contributed by atoms with van der Waals surface area (Å²) in [5.74, 6) is 0. The molecule has 1 nitrogen and oxygen atoms in total. The van der Waals surface area contributed by atoms with Crippen LogP contribution < -0.4 is 0 Å². The van der Waals surface area contributed by atoms with Gasteiger partial charge in [-0.25, -0.2) is 0 Å². The minimum atomic E-state index is -1.12. The molecule has 0 radical (unpaired) electrons. The van der Waals surface area contributed by atoms with Gasteiger partial charge in [0, 0.05) is 0 Å². The zero-order chi connectivity index (χ0) is 10.5. The topological polar surface area (TPSA) is 3.24 Å². The summed E-state index contributed by atoms with van der Waals surface area (Å²) < 4.78 is 2.76. The summed E-state index contributed by atoms with van der Waals surface area (Å²) in [7, 11) is -1.12. The normalized spacial score (nSPS) is 12.9. The molecule has 0 saturated heterocycles. The molecular formula is C11H27NSi. The molecule has 0 atom stereocenters. The molecule has 0 unspecified atom stereocenters. The first-order valence-corrected chi connectivity index (χ1v) is 8.27. The average molecular weight is 201 g/mol. The Bertz CT molecular complexity index is 126. The molecule has 2 heteroatoms. The van der Waals surface area contributed by atoms with Crippen LogP contribution in [0.3, 0.4) is 0 Å². The smallest absolute Gasteiger partial charge is 0.130 e. The quantitative estimate of drug-likeness (QED) is 0.592. The number of nitrogens with zero attached hydrogens (tertiary/aromatic N) is 1. The summed E-state index contributed by atoms with van der Waals surface area (Å²) in [4.78, 5) is 0. The van der Waals surface area contributed by atoms with Crippen LogP contribution in [0.4, 0.5) is 0 Å². The molecule has 0 aliphatic carbocycles. The molecule has 0 spiro atoms.